The zero-order chi connectivity index (χ0) is 20.6. The first-order valence-electron chi connectivity index (χ1n) is 9.22. The lowest BCUT2D eigenvalue weighted by atomic mass is 10.0. The number of Topliss-reactive ketones (excluding diaryl/α,β-unsaturated/α-hetero) is 1. The molecule has 2 heterocycles. The molecule has 6 heteroatoms. The van der Waals surface area contributed by atoms with Crippen LogP contribution in [-0.2, 0) is 6.61 Å². The van der Waals surface area contributed by atoms with E-state index in [1.807, 2.05) is 31.2 Å². The second kappa shape index (κ2) is 9.50. The second-order valence-corrected chi connectivity index (χ2v) is 6.46. The van der Waals surface area contributed by atoms with Crippen LogP contribution in [0.25, 0.3) is 0 Å². The van der Waals surface area contributed by atoms with Gasteiger partial charge in [-0.3, -0.25) is 14.6 Å². The lowest BCUT2D eigenvalue weighted by Crippen LogP contribution is -2.16. The van der Waals surface area contributed by atoms with Gasteiger partial charge in [0.2, 0.25) is 5.91 Å². The number of fused-ring (bicyclic) bond motifs is 1. The molecule has 4 rings (SSSR count). The van der Waals surface area contributed by atoms with E-state index >= 15 is 0 Å². The molecule has 0 atom stereocenters. The van der Waals surface area contributed by atoms with Crippen molar-refractivity contribution in [1.82, 2.24) is 4.98 Å². The van der Waals surface area contributed by atoms with E-state index in [4.69, 9.17) is 15.2 Å². The minimum atomic E-state index is -0.379. The van der Waals surface area contributed by atoms with Gasteiger partial charge in [0.15, 0.2) is 5.78 Å². The second-order valence-electron chi connectivity index (χ2n) is 6.46. The van der Waals surface area contributed by atoms with E-state index in [2.05, 4.69) is 4.98 Å². The number of hydrogen-bond donors (Lipinski definition) is 1. The maximum absolute atomic E-state index is 11.8. The van der Waals surface area contributed by atoms with Gasteiger partial charge in [-0.25, -0.2) is 0 Å². The number of hydrogen-bond acceptors (Lipinski definition) is 5. The topological polar surface area (TPSA) is 91.5 Å². The van der Waals surface area contributed by atoms with Crippen LogP contribution < -0.4 is 15.2 Å². The van der Waals surface area contributed by atoms with E-state index < -0.39 is 0 Å². The number of benzene rings is 2. The Balaban J connectivity index is 0.000000224. The van der Waals surface area contributed by atoms with Crippen LogP contribution >= 0.6 is 0 Å². The summed E-state index contributed by atoms with van der Waals surface area (Å²) in [5, 5.41) is 0. The van der Waals surface area contributed by atoms with Crippen molar-refractivity contribution in [2.45, 2.75) is 20.0 Å². The zero-order valence-electron chi connectivity index (χ0n) is 16.1. The summed E-state index contributed by atoms with van der Waals surface area (Å²) in [5.74, 6) is 1.16. The van der Waals surface area contributed by atoms with Crippen LogP contribution in [0.1, 0.15) is 38.3 Å². The predicted octanol–water partition coefficient (Wildman–Crippen LogP) is 3.72. The number of carbonyl (C=O) groups is 2. The number of amides is 1. The molecule has 6 nitrogen and oxygen atoms in total. The third kappa shape index (κ3) is 5.19. The van der Waals surface area contributed by atoms with Gasteiger partial charge in [0, 0.05) is 29.9 Å². The van der Waals surface area contributed by atoms with E-state index in [1.54, 1.807) is 42.7 Å². The quantitative estimate of drug-likeness (QED) is 0.733. The van der Waals surface area contributed by atoms with Crippen LogP contribution in [0, 0.1) is 6.92 Å². The molecular formula is C23H22N2O4. The standard InChI is InChI=1S/C16H15NO3.C7H7NO/c1-11-15(20-10-12-4-7-17-8-5-12)3-2-13-14(18)6-9-19-16(11)13;8-7(9)6-4-2-1-3-5-6/h2-5,7-8H,6,9-10H2,1H3;1-5H,(H2,8,9). The monoisotopic (exact) mass is 390 g/mol. The molecule has 3 aromatic rings. The first kappa shape index (κ1) is 20.1. The maximum atomic E-state index is 11.8. The summed E-state index contributed by atoms with van der Waals surface area (Å²) in [6.07, 6.45) is 3.92. The smallest absolute Gasteiger partial charge is 0.248 e. The molecule has 2 aromatic carbocycles. The Hall–Kier alpha value is -3.67. The molecule has 0 radical (unpaired) electrons. The molecule has 0 saturated carbocycles. The Morgan fingerprint density at radius 2 is 1.83 bits per heavy atom. The highest BCUT2D eigenvalue weighted by Gasteiger charge is 2.22. The Morgan fingerprint density at radius 1 is 1.10 bits per heavy atom. The van der Waals surface area contributed by atoms with E-state index in [1.165, 1.54) is 0 Å². The fourth-order valence-corrected chi connectivity index (χ4v) is 2.86. The van der Waals surface area contributed by atoms with Crippen LogP contribution in [0.2, 0.25) is 0 Å². The third-order valence-electron chi connectivity index (χ3n) is 4.43. The molecular weight excluding hydrogens is 368 g/mol. The largest absolute Gasteiger partial charge is 0.492 e. The summed E-state index contributed by atoms with van der Waals surface area (Å²) in [7, 11) is 0. The van der Waals surface area contributed by atoms with Gasteiger partial charge in [-0.05, 0) is 48.9 Å². The minimum Gasteiger partial charge on any atom is -0.492 e. The van der Waals surface area contributed by atoms with Crippen molar-refractivity contribution < 1.29 is 19.1 Å². The molecule has 1 aliphatic rings. The summed E-state index contributed by atoms with van der Waals surface area (Å²) in [5.41, 5.74) is 8.11. The van der Waals surface area contributed by atoms with Crippen molar-refractivity contribution in [1.29, 1.82) is 0 Å². The average Bonchev–Trinajstić information content (AvgIpc) is 2.76. The summed E-state index contributed by atoms with van der Waals surface area (Å²) in [4.78, 5) is 26.2. The molecule has 0 bridgehead atoms. The Morgan fingerprint density at radius 3 is 2.48 bits per heavy atom. The Bertz CT molecular complexity index is 989. The van der Waals surface area contributed by atoms with Gasteiger partial charge in [-0.2, -0.15) is 0 Å². The number of rotatable bonds is 4. The first-order valence-corrected chi connectivity index (χ1v) is 9.22. The molecule has 0 unspecified atom stereocenters. The maximum Gasteiger partial charge on any atom is 0.248 e. The molecule has 0 aliphatic carbocycles. The molecule has 0 fully saturated rings. The van der Waals surface area contributed by atoms with Crippen LogP contribution in [-0.4, -0.2) is 23.3 Å². The van der Waals surface area contributed by atoms with E-state index in [9.17, 15) is 9.59 Å². The fraction of sp³-hybridized carbons (Fsp3) is 0.174. The molecule has 0 spiro atoms. The summed E-state index contributed by atoms with van der Waals surface area (Å²) >= 11 is 0. The number of primary amides is 1. The van der Waals surface area contributed by atoms with Gasteiger partial charge in [0.1, 0.15) is 18.1 Å². The first-order chi connectivity index (χ1) is 14.1. The van der Waals surface area contributed by atoms with Crippen molar-refractivity contribution >= 4 is 11.7 Å². The Labute approximate surface area is 169 Å². The van der Waals surface area contributed by atoms with Gasteiger partial charge >= 0.3 is 0 Å². The SMILES string of the molecule is Cc1c(OCc2ccncc2)ccc2c1OCCC2=O.NC(=O)c1ccccc1. The van der Waals surface area contributed by atoms with Crippen LogP contribution in [0.3, 0.4) is 0 Å². The molecule has 29 heavy (non-hydrogen) atoms. The molecule has 1 aliphatic heterocycles. The van der Waals surface area contributed by atoms with E-state index in [0.717, 1.165) is 16.9 Å². The van der Waals surface area contributed by atoms with E-state index in [0.29, 0.717) is 36.5 Å². The number of pyridine rings is 1. The number of aromatic nitrogens is 1. The van der Waals surface area contributed by atoms with Crippen LogP contribution in [0.4, 0.5) is 0 Å². The lowest BCUT2D eigenvalue weighted by Gasteiger charge is -2.20. The van der Waals surface area contributed by atoms with Gasteiger partial charge in [0.05, 0.1) is 12.2 Å². The zero-order valence-corrected chi connectivity index (χ0v) is 16.1. The fourth-order valence-electron chi connectivity index (χ4n) is 2.86. The predicted molar refractivity (Wildman–Crippen MR) is 109 cm³/mol. The minimum absolute atomic E-state index is 0.134. The highest BCUT2D eigenvalue weighted by atomic mass is 16.5. The highest BCUT2D eigenvalue weighted by Crippen LogP contribution is 2.34. The van der Waals surface area contributed by atoms with E-state index in [-0.39, 0.29) is 11.7 Å². The molecule has 0 saturated heterocycles. The number of ether oxygens (including phenoxy) is 2. The van der Waals surface area contributed by atoms with Gasteiger partial charge in [0.25, 0.3) is 0 Å². The van der Waals surface area contributed by atoms with Crippen LogP contribution in [0.15, 0.2) is 67.0 Å². The van der Waals surface area contributed by atoms with Crippen LogP contribution in [0.5, 0.6) is 11.5 Å². The summed E-state index contributed by atoms with van der Waals surface area (Å²) in [6, 6.07) is 16.2. The molecule has 2 N–H and O–H groups in total. The van der Waals surface area contributed by atoms with Crippen molar-refractivity contribution in [3.63, 3.8) is 0 Å². The number of nitrogens with two attached hydrogens (primary N) is 1. The van der Waals surface area contributed by atoms with Crippen molar-refractivity contribution in [2.75, 3.05) is 6.61 Å². The van der Waals surface area contributed by atoms with Gasteiger partial charge in [-0.15, -0.1) is 0 Å². The Kier molecular flexibility index (Phi) is 6.58. The summed E-state index contributed by atoms with van der Waals surface area (Å²) in [6.45, 7) is 2.83. The normalized spacial score (nSPS) is 12.1. The number of carbonyl (C=O) groups excluding carboxylic acids is 2. The van der Waals surface area contributed by atoms with Gasteiger partial charge < -0.3 is 15.2 Å². The van der Waals surface area contributed by atoms with Crippen molar-refractivity contribution in [2.24, 2.45) is 5.73 Å². The summed E-state index contributed by atoms with van der Waals surface area (Å²) < 4.78 is 11.4. The molecule has 1 amide bonds. The van der Waals surface area contributed by atoms with Gasteiger partial charge in [-0.1, -0.05) is 18.2 Å². The van der Waals surface area contributed by atoms with Crippen molar-refractivity contribution in [3.05, 3.63) is 89.2 Å². The molecule has 1 aromatic heterocycles. The third-order valence-corrected chi connectivity index (χ3v) is 4.43. The van der Waals surface area contributed by atoms with Crippen molar-refractivity contribution in [3.8, 4) is 11.5 Å². The number of nitrogens with zero attached hydrogens (tertiary/aromatic N) is 1. The lowest BCUT2D eigenvalue weighted by molar-refractivity contribution is 0.0931. The average molecular weight is 390 g/mol. The number of ketones is 1. The highest BCUT2D eigenvalue weighted by molar-refractivity contribution is 6.00. The molecule has 148 valence electrons.